The van der Waals surface area contributed by atoms with Crippen LogP contribution in [0.5, 0.6) is 5.88 Å². The van der Waals surface area contributed by atoms with Gasteiger partial charge in [0.2, 0.25) is 5.91 Å². The molecule has 0 aliphatic rings. The molecule has 0 aliphatic carbocycles. The van der Waals surface area contributed by atoms with Gasteiger partial charge in [0, 0.05) is 12.7 Å². The van der Waals surface area contributed by atoms with E-state index in [2.05, 4.69) is 17.4 Å². The van der Waals surface area contributed by atoms with Crippen LogP contribution in [0.2, 0.25) is 0 Å². The molecule has 1 amide bonds. The van der Waals surface area contributed by atoms with Gasteiger partial charge >= 0.3 is 0 Å². The summed E-state index contributed by atoms with van der Waals surface area (Å²) < 4.78 is 15.0. The van der Waals surface area contributed by atoms with Gasteiger partial charge in [0.1, 0.15) is 6.61 Å². The molecule has 0 fully saturated rings. The van der Waals surface area contributed by atoms with Crippen molar-refractivity contribution in [2.24, 2.45) is 0 Å². The van der Waals surface area contributed by atoms with Crippen LogP contribution in [0.3, 0.4) is 0 Å². The van der Waals surface area contributed by atoms with E-state index in [0.717, 1.165) is 19.3 Å². The van der Waals surface area contributed by atoms with Gasteiger partial charge in [0.25, 0.3) is 5.88 Å². The normalized spacial score (nSPS) is 10.3. The highest BCUT2D eigenvalue weighted by molar-refractivity contribution is 5.77. The highest BCUT2D eigenvalue weighted by Crippen LogP contribution is 2.09. The van der Waals surface area contributed by atoms with E-state index in [9.17, 15) is 4.79 Å². The molecule has 1 aromatic rings. The summed E-state index contributed by atoms with van der Waals surface area (Å²) >= 11 is 0. The molecule has 1 heterocycles. The number of carbonyl (C=O) groups excluding carboxylic acids is 1. The van der Waals surface area contributed by atoms with E-state index in [-0.39, 0.29) is 19.1 Å². The van der Waals surface area contributed by atoms with Crippen LogP contribution in [-0.2, 0) is 16.1 Å². The summed E-state index contributed by atoms with van der Waals surface area (Å²) in [7, 11) is 1.50. The number of rotatable bonds is 9. The van der Waals surface area contributed by atoms with Gasteiger partial charge in [-0.1, -0.05) is 19.8 Å². The molecule has 0 saturated heterocycles. The van der Waals surface area contributed by atoms with Crippen molar-refractivity contribution in [3.8, 4) is 5.88 Å². The molecule has 6 heteroatoms. The zero-order valence-electron chi connectivity index (χ0n) is 10.9. The van der Waals surface area contributed by atoms with Crippen molar-refractivity contribution in [1.82, 2.24) is 10.5 Å². The van der Waals surface area contributed by atoms with Gasteiger partial charge in [-0.05, 0) is 11.6 Å². The van der Waals surface area contributed by atoms with Crippen molar-refractivity contribution < 1.29 is 18.8 Å². The fourth-order valence-electron chi connectivity index (χ4n) is 1.33. The molecule has 18 heavy (non-hydrogen) atoms. The van der Waals surface area contributed by atoms with Gasteiger partial charge in [-0.15, -0.1) is 0 Å². The summed E-state index contributed by atoms with van der Waals surface area (Å²) in [6.07, 6.45) is 3.26. The summed E-state index contributed by atoms with van der Waals surface area (Å²) in [5.41, 5.74) is 0. The molecule has 0 radical (unpaired) electrons. The summed E-state index contributed by atoms with van der Waals surface area (Å²) in [6.45, 7) is 3.11. The Morgan fingerprint density at radius 3 is 3.00 bits per heavy atom. The number of aromatic nitrogens is 1. The second-order valence-electron chi connectivity index (χ2n) is 3.87. The number of unbranched alkanes of at least 4 members (excludes halogenated alkanes) is 2. The lowest BCUT2D eigenvalue weighted by atomic mass is 10.3. The number of amides is 1. The Balaban J connectivity index is 2.09. The Kier molecular flexibility index (Phi) is 6.86. The minimum atomic E-state index is -0.165. The molecule has 1 N–H and O–H groups in total. The first-order chi connectivity index (χ1) is 8.76. The quantitative estimate of drug-likeness (QED) is 0.678. The van der Waals surface area contributed by atoms with E-state index < -0.39 is 0 Å². The van der Waals surface area contributed by atoms with Crippen LogP contribution in [0, 0.1) is 0 Å². The Bertz CT molecular complexity index is 352. The first-order valence-electron chi connectivity index (χ1n) is 6.10. The maximum atomic E-state index is 11.4. The lowest BCUT2D eigenvalue weighted by Crippen LogP contribution is -2.27. The number of methoxy groups -OCH3 is 1. The van der Waals surface area contributed by atoms with Gasteiger partial charge in [-0.25, -0.2) is 0 Å². The fraction of sp³-hybridized carbons (Fsp3) is 0.667. The van der Waals surface area contributed by atoms with Gasteiger partial charge in [0.15, 0.2) is 5.76 Å². The topological polar surface area (TPSA) is 73.6 Å². The number of ether oxygens (including phenoxy) is 2. The van der Waals surface area contributed by atoms with E-state index in [1.54, 1.807) is 6.07 Å². The summed E-state index contributed by atoms with van der Waals surface area (Å²) in [6, 6.07) is 1.63. The van der Waals surface area contributed by atoms with Gasteiger partial charge in [-0.2, -0.15) is 0 Å². The Morgan fingerprint density at radius 2 is 2.33 bits per heavy atom. The SMILES string of the molecule is CCCCCOCC(=O)NCc1cc(OC)no1. The molecule has 0 bridgehead atoms. The molecule has 0 aromatic carbocycles. The van der Waals surface area contributed by atoms with Crippen LogP contribution < -0.4 is 10.1 Å². The van der Waals surface area contributed by atoms with Crippen LogP contribution in [0.15, 0.2) is 10.6 Å². The lowest BCUT2D eigenvalue weighted by Gasteiger charge is -2.04. The maximum absolute atomic E-state index is 11.4. The van der Waals surface area contributed by atoms with E-state index in [4.69, 9.17) is 14.0 Å². The van der Waals surface area contributed by atoms with Crippen LogP contribution in [0.4, 0.5) is 0 Å². The highest BCUT2D eigenvalue weighted by Gasteiger charge is 2.06. The average molecular weight is 256 g/mol. The zero-order valence-corrected chi connectivity index (χ0v) is 10.9. The van der Waals surface area contributed by atoms with E-state index >= 15 is 0 Å². The Morgan fingerprint density at radius 1 is 1.50 bits per heavy atom. The lowest BCUT2D eigenvalue weighted by molar-refractivity contribution is -0.126. The average Bonchev–Trinajstić information content (AvgIpc) is 2.84. The van der Waals surface area contributed by atoms with E-state index in [1.165, 1.54) is 7.11 Å². The molecule has 0 atom stereocenters. The second-order valence-corrected chi connectivity index (χ2v) is 3.87. The summed E-state index contributed by atoms with van der Waals surface area (Å²) in [5.74, 6) is 0.781. The van der Waals surface area contributed by atoms with Crippen molar-refractivity contribution in [2.75, 3.05) is 20.3 Å². The van der Waals surface area contributed by atoms with Crippen LogP contribution in [0.1, 0.15) is 31.9 Å². The smallest absolute Gasteiger partial charge is 0.254 e. The molecule has 1 rings (SSSR count). The number of hydrogen-bond acceptors (Lipinski definition) is 5. The third-order valence-corrected chi connectivity index (χ3v) is 2.33. The summed E-state index contributed by atoms with van der Waals surface area (Å²) in [5, 5.41) is 6.30. The van der Waals surface area contributed by atoms with Crippen LogP contribution >= 0.6 is 0 Å². The predicted molar refractivity (Wildman–Crippen MR) is 65.2 cm³/mol. The monoisotopic (exact) mass is 256 g/mol. The second kappa shape index (κ2) is 8.52. The summed E-state index contributed by atoms with van der Waals surface area (Å²) in [4.78, 5) is 11.4. The molecule has 0 unspecified atom stereocenters. The Hall–Kier alpha value is -1.56. The van der Waals surface area contributed by atoms with Crippen LogP contribution in [-0.4, -0.2) is 31.4 Å². The van der Waals surface area contributed by atoms with Crippen molar-refractivity contribution in [3.05, 3.63) is 11.8 Å². The molecule has 102 valence electrons. The number of carbonyl (C=O) groups is 1. The first-order valence-corrected chi connectivity index (χ1v) is 6.10. The molecule has 6 nitrogen and oxygen atoms in total. The van der Waals surface area contributed by atoms with Gasteiger partial charge in [-0.3, -0.25) is 4.79 Å². The standard InChI is InChI=1S/C12H20N2O4/c1-3-4-5-6-17-9-11(15)13-8-10-7-12(16-2)14-18-10/h7H,3-6,8-9H2,1-2H3,(H,13,15). The molecular formula is C12H20N2O4. The number of nitrogens with zero attached hydrogens (tertiary/aromatic N) is 1. The molecular weight excluding hydrogens is 236 g/mol. The van der Waals surface area contributed by atoms with E-state index in [1.807, 2.05) is 0 Å². The van der Waals surface area contributed by atoms with Crippen molar-refractivity contribution in [2.45, 2.75) is 32.7 Å². The third kappa shape index (κ3) is 5.67. The minimum absolute atomic E-state index is 0.0784. The maximum Gasteiger partial charge on any atom is 0.254 e. The highest BCUT2D eigenvalue weighted by atomic mass is 16.5. The first kappa shape index (κ1) is 14.5. The molecule has 0 saturated carbocycles. The van der Waals surface area contributed by atoms with Crippen molar-refractivity contribution >= 4 is 5.91 Å². The van der Waals surface area contributed by atoms with Gasteiger partial charge < -0.3 is 19.3 Å². The van der Waals surface area contributed by atoms with Crippen molar-refractivity contribution in [3.63, 3.8) is 0 Å². The molecule has 0 aliphatic heterocycles. The number of hydrogen-bond donors (Lipinski definition) is 1. The van der Waals surface area contributed by atoms with E-state index in [0.29, 0.717) is 18.2 Å². The van der Waals surface area contributed by atoms with Crippen LogP contribution in [0.25, 0.3) is 0 Å². The van der Waals surface area contributed by atoms with Gasteiger partial charge in [0.05, 0.1) is 13.7 Å². The Labute approximate surface area is 107 Å². The predicted octanol–water partition coefficient (Wildman–Crippen LogP) is 1.51. The fourth-order valence-corrected chi connectivity index (χ4v) is 1.33. The molecule has 0 spiro atoms. The third-order valence-electron chi connectivity index (χ3n) is 2.33. The van der Waals surface area contributed by atoms with Crippen molar-refractivity contribution in [1.29, 1.82) is 0 Å². The molecule has 1 aromatic heterocycles. The number of nitrogens with one attached hydrogen (secondary N) is 1. The largest absolute Gasteiger partial charge is 0.479 e. The zero-order chi connectivity index (χ0) is 13.2. The minimum Gasteiger partial charge on any atom is -0.479 e.